The highest BCUT2D eigenvalue weighted by atomic mass is 16.5. The molecule has 2 saturated carbocycles. The van der Waals surface area contributed by atoms with Crippen molar-refractivity contribution in [1.29, 1.82) is 0 Å². The van der Waals surface area contributed by atoms with Gasteiger partial charge >= 0.3 is 11.9 Å². The molecule has 176 valence electrons. The molecule has 1 aromatic rings. The van der Waals surface area contributed by atoms with Crippen molar-refractivity contribution >= 4 is 11.9 Å². The minimum absolute atomic E-state index is 0.0204. The summed E-state index contributed by atoms with van der Waals surface area (Å²) in [6.07, 6.45) is 17.3. The van der Waals surface area contributed by atoms with Gasteiger partial charge in [-0.1, -0.05) is 43.9 Å². The second kappa shape index (κ2) is 11.0. The summed E-state index contributed by atoms with van der Waals surface area (Å²) in [5, 5.41) is 0. The topological polar surface area (TPSA) is 52.6 Å². The highest BCUT2D eigenvalue weighted by molar-refractivity contribution is 5.83. The van der Waals surface area contributed by atoms with Crippen LogP contribution in [0.25, 0.3) is 0 Å². The van der Waals surface area contributed by atoms with Crippen LogP contribution in [0.2, 0.25) is 0 Å². The molecule has 0 amide bonds. The number of hydrogen-bond acceptors (Lipinski definition) is 4. The summed E-state index contributed by atoms with van der Waals surface area (Å²) >= 11 is 0. The highest BCUT2D eigenvalue weighted by Crippen LogP contribution is 2.38. The van der Waals surface area contributed by atoms with Crippen molar-refractivity contribution in [3.63, 3.8) is 0 Å². The van der Waals surface area contributed by atoms with Crippen LogP contribution in [0.1, 0.15) is 76.2 Å². The molecule has 0 bridgehead atoms. The molecule has 0 saturated heterocycles. The van der Waals surface area contributed by atoms with E-state index in [9.17, 15) is 9.59 Å². The molecule has 0 N–H and O–H groups in total. The second-order valence-corrected chi connectivity index (χ2v) is 9.93. The lowest BCUT2D eigenvalue weighted by atomic mass is 9.76. The van der Waals surface area contributed by atoms with Crippen LogP contribution in [0.3, 0.4) is 0 Å². The Hall–Kier alpha value is -2.62. The van der Waals surface area contributed by atoms with Crippen molar-refractivity contribution in [3.8, 4) is 5.75 Å². The van der Waals surface area contributed by atoms with Crippen LogP contribution in [0, 0.1) is 17.8 Å². The van der Waals surface area contributed by atoms with Crippen LogP contribution in [-0.2, 0) is 14.3 Å². The summed E-state index contributed by atoms with van der Waals surface area (Å²) in [5.74, 6) is 1.89. The normalized spacial score (nSPS) is 29.6. The Labute approximate surface area is 197 Å². The van der Waals surface area contributed by atoms with Crippen molar-refractivity contribution in [3.05, 3.63) is 66.3 Å². The average molecular weight is 449 g/mol. The first-order valence-corrected chi connectivity index (χ1v) is 12.5. The van der Waals surface area contributed by atoms with Crippen LogP contribution < -0.4 is 4.74 Å². The zero-order chi connectivity index (χ0) is 23.2. The lowest BCUT2D eigenvalue weighted by Crippen LogP contribution is -2.30. The van der Waals surface area contributed by atoms with E-state index in [4.69, 9.17) is 9.47 Å². The molecule has 33 heavy (non-hydrogen) atoms. The van der Waals surface area contributed by atoms with Gasteiger partial charge in [-0.25, -0.2) is 4.79 Å². The SMILES string of the molecule is C=CC(=O)Oc1ccc(C2CCC(OC(=O)C3CCC(C4=CCC(C)C=C4)CC3)CC2)cc1. The van der Waals surface area contributed by atoms with Crippen LogP contribution >= 0.6 is 0 Å². The Balaban J connectivity index is 1.19. The van der Waals surface area contributed by atoms with Gasteiger partial charge in [0.2, 0.25) is 0 Å². The van der Waals surface area contributed by atoms with E-state index < -0.39 is 5.97 Å². The van der Waals surface area contributed by atoms with E-state index in [1.54, 1.807) is 0 Å². The molecule has 0 heterocycles. The summed E-state index contributed by atoms with van der Waals surface area (Å²) < 4.78 is 11.1. The first kappa shape index (κ1) is 23.5. The molecule has 4 rings (SSSR count). The molecule has 1 unspecified atom stereocenters. The van der Waals surface area contributed by atoms with Gasteiger partial charge in [-0.15, -0.1) is 0 Å². The fraction of sp³-hybridized carbons (Fsp3) is 0.517. The van der Waals surface area contributed by atoms with Gasteiger partial charge in [-0.05, 0) is 98.8 Å². The van der Waals surface area contributed by atoms with E-state index in [0.29, 0.717) is 23.5 Å². The summed E-state index contributed by atoms with van der Waals surface area (Å²) in [5.41, 5.74) is 2.72. The third kappa shape index (κ3) is 6.25. The van der Waals surface area contributed by atoms with Gasteiger partial charge < -0.3 is 9.47 Å². The van der Waals surface area contributed by atoms with Crippen LogP contribution in [0.5, 0.6) is 5.75 Å². The first-order chi connectivity index (χ1) is 16.0. The summed E-state index contributed by atoms with van der Waals surface area (Å²) in [7, 11) is 0. The molecule has 1 atom stereocenters. The number of carbonyl (C=O) groups is 2. The fourth-order valence-corrected chi connectivity index (χ4v) is 5.45. The molecule has 2 fully saturated rings. The number of rotatable bonds is 6. The lowest BCUT2D eigenvalue weighted by molar-refractivity contribution is -0.157. The van der Waals surface area contributed by atoms with E-state index in [0.717, 1.165) is 63.9 Å². The zero-order valence-corrected chi connectivity index (χ0v) is 19.7. The standard InChI is InChI=1S/C29H36O4/c1-3-28(30)32-26-16-12-23(13-17-26)24-14-18-27(19-15-24)33-29(31)25-10-8-22(9-11-25)21-6-4-20(2)5-7-21/h3-4,6-7,12-13,16-17,20,22,24-25,27H,1,5,8-11,14-15,18-19H2,2H3. The molecule has 0 spiro atoms. The van der Waals surface area contributed by atoms with E-state index in [2.05, 4.69) is 31.7 Å². The monoisotopic (exact) mass is 448 g/mol. The van der Waals surface area contributed by atoms with Crippen molar-refractivity contribution in [2.24, 2.45) is 17.8 Å². The van der Waals surface area contributed by atoms with Gasteiger partial charge in [0, 0.05) is 6.08 Å². The van der Waals surface area contributed by atoms with E-state index >= 15 is 0 Å². The summed E-state index contributed by atoms with van der Waals surface area (Å²) in [4.78, 5) is 24.1. The van der Waals surface area contributed by atoms with Crippen LogP contribution in [0.15, 0.2) is 60.7 Å². The van der Waals surface area contributed by atoms with Gasteiger partial charge in [-0.2, -0.15) is 0 Å². The van der Waals surface area contributed by atoms with Gasteiger partial charge in [0.05, 0.1) is 5.92 Å². The summed E-state index contributed by atoms with van der Waals surface area (Å²) in [6, 6.07) is 7.72. The molecular formula is C29H36O4. The minimum atomic E-state index is -0.448. The van der Waals surface area contributed by atoms with Crippen molar-refractivity contribution in [2.75, 3.05) is 0 Å². The van der Waals surface area contributed by atoms with E-state index in [-0.39, 0.29) is 18.0 Å². The smallest absolute Gasteiger partial charge is 0.335 e. The van der Waals surface area contributed by atoms with Gasteiger partial charge in [-0.3, -0.25) is 4.79 Å². The molecular weight excluding hydrogens is 412 g/mol. The molecule has 4 heteroatoms. The molecule has 1 aromatic carbocycles. The Morgan fingerprint density at radius 2 is 1.61 bits per heavy atom. The number of ether oxygens (including phenoxy) is 2. The Morgan fingerprint density at radius 3 is 2.21 bits per heavy atom. The molecule has 0 aromatic heterocycles. The lowest BCUT2D eigenvalue weighted by Gasteiger charge is -2.32. The summed E-state index contributed by atoms with van der Waals surface area (Å²) in [6.45, 7) is 5.67. The Morgan fingerprint density at radius 1 is 0.939 bits per heavy atom. The number of carbonyl (C=O) groups excluding carboxylic acids is 2. The van der Waals surface area contributed by atoms with Gasteiger partial charge in [0.15, 0.2) is 0 Å². The average Bonchev–Trinajstić information content (AvgIpc) is 2.85. The maximum Gasteiger partial charge on any atom is 0.335 e. The Kier molecular flexibility index (Phi) is 7.85. The molecule has 0 aliphatic heterocycles. The molecule has 4 nitrogen and oxygen atoms in total. The van der Waals surface area contributed by atoms with E-state index in [1.165, 1.54) is 11.1 Å². The first-order valence-electron chi connectivity index (χ1n) is 12.5. The van der Waals surface area contributed by atoms with E-state index in [1.807, 2.05) is 24.3 Å². The highest BCUT2D eigenvalue weighted by Gasteiger charge is 2.32. The number of allylic oxidation sites excluding steroid dienone is 4. The predicted molar refractivity (Wildman–Crippen MR) is 130 cm³/mol. The third-order valence-corrected chi connectivity index (χ3v) is 7.57. The quantitative estimate of drug-likeness (QED) is 0.277. The molecule has 3 aliphatic rings. The maximum atomic E-state index is 12.8. The number of esters is 2. The Bertz CT molecular complexity index is 894. The van der Waals surface area contributed by atoms with Crippen molar-refractivity contribution in [1.82, 2.24) is 0 Å². The molecule has 3 aliphatic carbocycles. The number of hydrogen-bond donors (Lipinski definition) is 0. The molecule has 0 radical (unpaired) electrons. The van der Waals surface area contributed by atoms with Crippen molar-refractivity contribution in [2.45, 2.75) is 76.7 Å². The van der Waals surface area contributed by atoms with Crippen LogP contribution in [0.4, 0.5) is 0 Å². The van der Waals surface area contributed by atoms with Crippen molar-refractivity contribution < 1.29 is 19.1 Å². The van der Waals surface area contributed by atoms with Crippen LogP contribution in [-0.4, -0.2) is 18.0 Å². The van der Waals surface area contributed by atoms with Gasteiger partial charge in [0.25, 0.3) is 0 Å². The largest absolute Gasteiger partial charge is 0.462 e. The fourth-order valence-electron chi connectivity index (χ4n) is 5.45. The maximum absolute atomic E-state index is 12.8. The minimum Gasteiger partial charge on any atom is -0.462 e. The van der Waals surface area contributed by atoms with Gasteiger partial charge in [0.1, 0.15) is 11.9 Å². The zero-order valence-electron chi connectivity index (χ0n) is 19.7. The number of benzene rings is 1. The third-order valence-electron chi connectivity index (χ3n) is 7.57. The predicted octanol–water partition coefficient (Wildman–Crippen LogP) is 6.68. The second-order valence-electron chi connectivity index (χ2n) is 9.93.